The van der Waals surface area contributed by atoms with E-state index in [4.69, 9.17) is 0 Å². The molecule has 1 fully saturated rings. The molecule has 3 rings (SSSR count). The number of aryl methyl sites for hydroxylation is 1. The fraction of sp³-hybridized carbons (Fsp3) is 0.381. The van der Waals surface area contributed by atoms with Crippen molar-refractivity contribution in [2.24, 2.45) is 0 Å². The number of nitrogens with zero attached hydrogens (tertiary/aromatic N) is 2. The minimum absolute atomic E-state index is 0.143. The largest absolute Gasteiger partial charge is 0.336 e. The topological polar surface area (TPSA) is 23.6 Å². The first kappa shape index (κ1) is 16.7. The molecule has 0 aliphatic carbocycles. The second-order valence-electron chi connectivity index (χ2n) is 6.93. The molecule has 0 spiro atoms. The van der Waals surface area contributed by atoms with Gasteiger partial charge in [-0.05, 0) is 38.5 Å². The predicted octanol–water partition coefficient (Wildman–Crippen LogP) is 3.73. The van der Waals surface area contributed by atoms with Crippen molar-refractivity contribution in [1.82, 2.24) is 9.80 Å². The van der Waals surface area contributed by atoms with Gasteiger partial charge in [0.25, 0.3) is 5.91 Å². The number of amides is 1. The van der Waals surface area contributed by atoms with E-state index in [9.17, 15) is 4.79 Å². The highest BCUT2D eigenvalue weighted by Gasteiger charge is 2.32. The van der Waals surface area contributed by atoms with Crippen LogP contribution in [0.1, 0.15) is 35.3 Å². The van der Waals surface area contributed by atoms with Gasteiger partial charge < -0.3 is 4.90 Å². The van der Waals surface area contributed by atoms with Crippen LogP contribution in [0.4, 0.5) is 0 Å². The highest BCUT2D eigenvalue weighted by Crippen LogP contribution is 2.21. The summed E-state index contributed by atoms with van der Waals surface area (Å²) in [6.45, 7) is 9.05. The Hall–Kier alpha value is -2.13. The molecule has 0 bridgehead atoms. The van der Waals surface area contributed by atoms with Gasteiger partial charge in [0.1, 0.15) is 0 Å². The maximum Gasteiger partial charge on any atom is 0.253 e. The average Bonchev–Trinajstić information content (AvgIpc) is 2.59. The molecule has 0 radical (unpaired) electrons. The van der Waals surface area contributed by atoms with Gasteiger partial charge in [0, 0.05) is 37.3 Å². The molecular weight excluding hydrogens is 296 g/mol. The maximum atomic E-state index is 12.7. The normalized spacial score (nSPS) is 21.7. The van der Waals surface area contributed by atoms with E-state index in [1.54, 1.807) is 0 Å². The second kappa shape index (κ2) is 7.18. The summed E-state index contributed by atoms with van der Waals surface area (Å²) >= 11 is 0. The number of hydrogen-bond acceptors (Lipinski definition) is 2. The van der Waals surface area contributed by atoms with Crippen LogP contribution < -0.4 is 0 Å². The molecule has 0 aromatic heterocycles. The van der Waals surface area contributed by atoms with E-state index < -0.39 is 0 Å². The number of hydrogen-bond donors (Lipinski definition) is 0. The predicted molar refractivity (Wildman–Crippen MR) is 98.0 cm³/mol. The SMILES string of the molecule is Cc1ccc(CN2C(C)CN(C(=O)c3ccccc3)CC2C)cc1. The zero-order chi connectivity index (χ0) is 17.1. The molecular formula is C21H26N2O. The molecule has 1 saturated heterocycles. The molecule has 2 aromatic carbocycles. The van der Waals surface area contributed by atoms with Gasteiger partial charge in [-0.3, -0.25) is 9.69 Å². The Morgan fingerprint density at radius 3 is 2.12 bits per heavy atom. The number of benzene rings is 2. The zero-order valence-corrected chi connectivity index (χ0v) is 14.8. The van der Waals surface area contributed by atoms with E-state index in [2.05, 4.69) is 49.9 Å². The molecule has 3 nitrogen and oxygen atoms in total. The first-order chi connectivity index (χ1) is 11.5. The number of rotatable bonds is 3. The lowest BCUT2D eigenvalue weighted by molar-refractivity contribution is 0.0269. The number of carbonyl (C=O) groups is 1. The van der Waals surface area contributed by atoms with Crippen LogP contribution in [0, 0.1) is 6.92 Å². The van der Waals surface area contributed by atoms with Crippen LogP contribution in [0.2, 0.25) is 0 Å². The van der Waals surface area contributed by atoms with Crippen LogP contribution in [0.25, 0.3) is 0 Å². The molecule has 0 N–H and O–H groups in total. The van der Waals surface area contributed by atoms with Gasteiger partial charge in [-0.25, -0.2) is 0 Å². The third-order valence-corrected chi connectivity index (χ3v) is 4.90. The van der Waals surface area contributed by atoms with Crippen molar-refractivity contribution in [1.29, 1.82) is 0 Å². The summed E-state index contributed by atoms with van der Waals surface area (Å²) in [5.74, 6) is 0.143. The lowest BCUT2D eigenvalue weighted by Crippen LogP contribution is -2.57. The molecule has 2 aromatic rings. The van der Waals surface area contributed by atoms with Crippen LogP contribution in [-0.4, -0.2) is 40.9 Å². The highest BCUT2D eigenvalue weighted by atomic mass is 16.2. The van der Waals surface area contributed by atoms with Crippen molar-refractivity contribution in [3.63, 3.8) is 0 Å². The zero-order valence-electron chi connectivity index (χ0n) is 14.8. The van der Waals surface area contributed by atoms with E-state index >= 15 is 0 Å². The summed E-state index contributed by atoms with van der Waals surface area (Å²) in [7, 11) is 0. The standard InChI is InChI=1S/C21H26N2O/c1-16-9-11-19(12-10-16)15-23-17(2)13-22(14-18(23)3)21(24)20-7-5-4-6-8-20/h4-12,17-18H,13-15H2,1-3H3. The second-order valence-corrected chi connectivity index (χ2v) is 6.93. The van der Waals surface area contributed by atoms with Gasteiger partial charge in [0.05, 0.1) is 0 Å². The monoisotopic (exact) mass is 322 g/mol. The van der Waals surface area contributed by atoms with Gasteiger partial charge in [-0.2, -0.15) is 0 Å². The molecule has 3 heteroatoms. The highest BCUT2D eigenvalue weighted by molar-refractivity contribution is 5.94. The molecule has 1 aliphatic rings. The Labute approximate surface area is 144 Å². The molecule has 126 valence electrons. The number of carbonyl (C=O) groups excluding carboxylic acids is 1. The molecule has 2 atom stereocenters. The maximum absolute atomic E-state index is 12.7. The third kappa shape index (κ3) is 3.68. The van der Waals surface area contributed by atoms with Gasteiger partial charge in [-0.15, -0.1) is 0 Å². The first-order valence-electron chi connectivity index (χ1n) is 8.70. The Morgan fingerprint density at radius 2 is 1.54 bits per heavy atom. The third-order valence-electron chi connectivity index (χ3n) is 4.90. The van der Waals surface area contributed by atoms with Gasteiger partial charge >= 0.3 is 0 Å². The van der Waals surface area contributed by atoms with Crippen LogP contribution in [0.15, 0.2) is 54.6 Å². The fourth-order valence-corrected chi connectivity index (χ4v) is 3.50. The fourth-order valence-electron chi connectivity index (χ4n) is 3.50. The van der Waals surface area contributed by atoms with E-state index in [-0.39, 0.29) is 5.91 Å². The molecule has 1 amide bonds. The summed E-state index contributed by atoms with van der Waals surface area (Å²) in [4.78, 5) is 17.2. The van der Waals surface area contributed by atoms with E-state index in [0.717, 1.165) is 25.2 Å². The summed E-state index contributed by atoms with van der Waals surface area (Å²) in [6, 6.07) is 19.0. The van der Waals surface area contributed by atoms with E-state index in [1.807, 2.05) is 35.2 Å². The Kier molecular flexibility index (Phi) is 5.00. The Balaban J connectivity index is 1.68. The van der Waals surface area contributed by atoms with Crippen molar-refractivity contribution < 1.29 is 4.79 Å². The minimum atomic E-state index is 0.143. The molecule has 1 heterocycles. The molecule has 2 unspecified atom stereocenters. The quantitative estimate of drug-likeness (QED) is 0.859. The smallest absolute Gasteiger partial charge is 0.253 e. The van der Waals surface area contributed by atoms with Crippen molar-refractivity contribution in [3.05, 3.63) is 71.3 Å². The van der Waals surface area contributed by atoms with Gasteiger partial charge in [-0.1, -0.05) is 48.0 Å². The van der Waals surface area contributed by atoms with Crippen molar-refractivity contribution >= 4 is 5.91 Å². The minimum Gasteiger partial charge on any atom is -0.336 e. The van der Waals surface area contributed by atoms with Crippen LogP contribution in [0.5, 0.6) is 0 Å². The summed E-state index contributed by atoms with van der Waals surface area (Å²) in [5.41, 5.74) is 3.41. The summed E-state index contributed by atoms with van der Waals surface area (Å²) in [6.07, 6.45) is 0. The summed E-state index contributed by atoms with van der Waals surface area (Å²) in [5, 5.41) is 0. The lowest BCUT2D eigenvalue weighted by atomic mass is 10.0. The van der Waals surface area contributed by atoms with Crippen LogP contribution >= 0.6 is 0 Å². The Bertz CT molecular complexity index is 669. The lowest BCUT2D eigenvalue weighted by Gasteiger charge is -2.44. The van der Waals surface area contributed by atoms with Crippen molar-refractivity contribution in [2.75, 3.05) is 13.1 Å². The van der Waals surface area contributed by atoms with E-state index in [1.165, 1.54) is 11.1 Å². The molecule has 24 heavy (non-hydrogen) atoms. The summed E-state index contributed by atoms with van der Waals surface area (Å²) < 4.78 is 0. The van der Waals surface area contributed by atoms with E-state index in [0.29, 0.717) is 12.1 Å². The Morgan fingerprint density at radius 1 is 0.958 bits per heavy atom. The van der Waals surface area contributed by atoms with Gasteiger partial charge in [0.15, 0.2) is 0 Å². The average molecular weight is 322 g/mol. The van der Waals surface area contributed by atoms with Crippen molar-refractivity contribution in [2.45, 2.75) is 39.4 Å². The number of piperazine rings is 1. The van der Waals surface area contributed by atoms with Crippen molar-refractivity contribution in [3.8, 4) is 0 Å². The molecule has 1 aliphatic heterocycles. The van der Waals surface area contributed by atoms with Gasteiger partial charge in [0.2, 0.25) is 0 Å². The molecule has 0 saturated carbocycles. The van der Waals surface area contributed by atoms with Crippen LogP contribution in [0.3, 0.4) is 0 Å². The first-order valence-corrected chi connectivity index (χ1v) is 8.70. The van der Waals surface area contributed by atoms with Crippen LogP contribution in [-0.2, 0) is 6.54 Å².